The topological polar surface area (TPSA) is 74.7 Å². The van der Waals surface area contributed by atoms with Crippen molar-refractivity contribution in [2.45, 2.75) is 39.5 Å². The molecule has 2 heterocycles. The van der Waals surface area contributed by atoms with E-state index in [2.05, 4.69) is 30.0 Å². The summed E-state index contributed by atoms with van der Waals surface area (Å²) in [6.07, 6.45) is 4.39. The van der Waals surface area contributed by atoms with Crippen molar-refractivity contribution in [3.63, 3.8) is 0 Å². The molecule has 1 saturated heterocycles. The molecule has 5 nitrogen and oxygen atoms in total. The second-order valence-corrected chi connectivity index (χ2v) is 6.49. The van der Waals surface area contributed by atoms with Crippen molar-refractivity contribution in [1.82, 2.24) is 4.98 Å². The minimum atomic E-state index is 0.165. The normalized spacial score (nSPS) is 26.0. The first-order valence-electron chi connectivity index (χ1n) is 7.85. The van der Waals surface area contributed by atoms with Crippen LogP contribution in [0.3, 0.4) is 0 Å². The third kappa shape index (κ3) is 2.57. The van der Waals surface area contributed by atoms with Crippen molar-refractivity contribution in [3.8, 4) is 0 Å². The average molecular weight is 288 g/mol. The maximum absolute atomic E-state index is 9.07. The van der Waals surface area contributed by atoms with Crippen LogP contribution in [0.15, 0.2) is 11.2 Å². The molecule has 0 radical (unpaired) electrons. The van der Waals surface area contributed by atoms with Crippen LogP contribution < -0.4 is 10.6 Å². The molecule has 114 valence electrons. The number of oxime groups is 1. The molecule has 1 aliphatic heterocycles. The van der Waals surface area contributed by atoms with E-state index in [1.807, 2.05) is 0 Å². The third-order valence-electron chi connectivity index (χ3n) is 5.05. The van der Waals surface area contributed by atoms with Gasteiger partial charge < -0.3 is 15.8 Å². The van der Waals surface area contributed by atoms with E-state index in [-0.39, 0.29) is 5.84 Å². The fourth-order valence-electron chi connectivity index (χ4n) is 3.40. The molecule has 2 unspecified atom stereocenters. The van der Waals surface area contributed by atoms with Crippen LogP contribution >= 0.6 is 0 Å². The molecule has 1 fully saturated rings. The van der Waals surface area contributed by atoms with Gasteiger partial charge in [-0.25, -0.2) is 4.98 Å². The molecule has 1 aliphatic carbocycles. The lowest BCUT2D eigenvalue weighted by Gasteiger charge is -2.37. The van der Waals surface area contributed by atoms with Gasteiger partial charge >= 0.3 is 0 Å². The summed E-state index contributed by atoms with van der Waals surface area (Å²) < 4.78 is 0. The zero-order chi connectivity index (χ0) is 15.0. The summed E-state index contributed by atoms with van der Waals surface area (Å²) in [4.78, 5) is 7.16. The number of amidine groups is 1. The second kappa shape index (κ2) is 5.54. The molecule has 21 heavy (non-hydrogen) atoms. The van der Waals surface area contributed by atoms with Gasteiger partial charge in [-0.15, -0.1) is 0 Å². The first kappa shape index (κ1) is 14.2. The Bertz CT molecular complexity index is 570. The predicted molar refractivity (Wildman–Crippen MR) is 83.9 cm³/mol. The molecular formula is C16H24N4O. The van der Waals surface area contributed by atoms with Crippen molar-refractivity contribution in [2.24, 2.45) is 22.7 Å². The Hall–Kier alpha value is -1.78. The van der Waals surface area contributed by atoms with Crippen LogP contribution in [0.5, 0.6) is 0 Å². The van der Waals surface area contributed by atoms with Gasteiger partial charge in [0.05, 0.1) is 5.56 Å². The van der Waals surface area contributed by atoms with Crippen LogP contribution in [0, 0.1) is 11.8 Å². The Morgan fingerprint density at radius 1 is 1.38 bits per heavy atom. The number of pyridine rings is 1. The lowest BCUT2D eigenvalue weighted by Crippen LogP contribution is -2.40. The monoisotopic (exact) mass is 288 g/mol. The molecule has 2 atom stereocenters. The molecule has 1 aromatic heterocycles. The first-order chi connectivity index (χ1) is 10.1. The van der Waals surface area contributed by atoms with E-state index in [1.54, 1.807) is 0 Å². The second-order valence-electron chi connectivity index (χ2n) is 6.49. The Morgan fingerprint density at radius 3 is 2.90 bits per heavy atom. The molecule has 3 rings (SSSR count). The van der Waals surface area contributed by atoms with E-state index in [4.69, 9.17) is 15.9 Å². The summed E-state index contributed by atoms with van der Waals surface area (Å²) in [6, 6.07) is 2.07. The van der Waals surface area contributed by atoms with Crippen LogP contribution in [-0.2, 0) is 12.8 Å². The van der Waals surface area contributed by atoms with Crippen molar-refractivity contribution in [1.29, 1.82) is 0 Å². The number of fused-ring (bicyclic) bond motifs is 1. The van der Waals surface area contributed by atoms with Gasteiger partial charge in [-0.3, -0.25) is 0 Å². The van der Waals surface area contributed by atoms with Crippen molar-refractivity contribution >= 4 is 11.7 Å². The van der Waals surface area contributed by atoms with Crippen LogP contribution in [0.2, 0.25) is 0 Å². The number of anilines is 1. The third-order valence-corrected chi connectivity index (χ3v) is 5.05. The Kier molecular flexibility index (Phi) is 3.74. The number of hydrogen-bond donors (Lipinski definition) is 2. The van der Waals surface area contributed by atoms with Crippen molar-refractivity contribution < 1.29 is 5.21 Å². The first-order valence-corrected chi connectivity index (χ1v) is 7.85. The Morgan fingerprint density at radius 2 is 2.19 bits per heavy atom. The molecule has 0 bridgehead atoms. The van der Waals surface area contributed by atoms with Crippen LogP contribution in [0.4, 0.5) is 5.82 Å². The lowest BCUT2D eigenvalue weighted by atomic mass is 9.88. The zero-order valence-electron chi connectivity index (χ0n) is 12.8. The summed E-state index contributed by atoms with van der Waals surface area (Å²) in [5.74, 6) is 2.43. The van der Waals surface area contributed by atoms with Crippen molar-refractivity contribution in [2.75, 3.05) is 18.0 Å². The molecule has 1 aromatic rings. The number of aromatic nitrogens is 1. The number of hydrogen-bond acceptors (Lipinski definition) is 4. The zero-order valence-corrected chi connectivity index (χ0v) is 12.8. The highest BCUT2D eigenvalue weighted by atomic mass is 16.4. The summed E-state index contributed by atoms with van der Waals surface area (Å²) in [7, 11) is 0. The van der Waals surface area contributed by atoms with Gasteiger partial charge in [0.25, 0.3) is 0 Å². The number of rotatable bonds is 2. The molecule has 0 saturated carbocycles. The van der Waals surface area contributed by atoms with Gasteiger partial charge in [0.1, 0.15) is 5.82 Å². The molecular weight excluding hydrogens is 264 g/mol. The molecule has 0 amide bonds. The van der Waals surface area contributed by atoms with Crippen LogP contribution in [-0.4, -0.2) is 29.1 Å². The number of nitrogens with zero attached hydrogens (tertiary/aromatic N) is 3. The van der Waals surface area contributed by atoms with Gasteiger partial charge in [0.15, 0.2) is 5.84 Å². The summed E-state index contributed by atoms with van der Waals surface area (Å²) in [5, 5.41) is 12.3. The fourth-order valence-corrected chi connectivity index (χ4v) is 3.40. The minimum Gasteiger partial charge on any atom is -0.409 e. The highest BCUT2D eigenvalue weighted by Gasteiger charge is 2.27. The van der Waals surface area contributed by atoms with Gasteiger partial charge in [-0.05, 0) is 49.1 Å². The molecule has 5 heteroatoms. The van der Waals surface area contributed by atoms with Crippen molar-refractivity contribution in [3.05, 3.63) is 22.9 Å². The largest absolute Gasteiger partial charge is 0.409 e. The van der Waals surface area contributed by atoms with E-state index in [0.717, 1.165) is 56.1 Å². The lowest BCUT2D eigenvalue weighted by molar-refractivity contribution is 0.318. The number of nitrogens with two attached hydrogens (primary N) is 1. The van der Waals surface area contributed by atoms with Gasteiger partial charge in [0.2, 0.25) is 0 Å². The molecule has 0 aromatic carbocycles. The highest BCUT2D eigenvalue weighted by molar-refractivity contribution is 6.01. The quantitative estimate of drug-likeness (QED) is 0.378. The fraction of sp³-hybridized carbons (Fsp3) is 0.625. The van der Waals surface area contributed by atoms with E-state index >= 15 is 0 Å². The maximum Gasteiger partial charge on any atom is 0.173 e. The van der Waals surface area contributed by atoms with Crippen LogP contribution in [0.25, 0.3) is 0 Å². The minimum absolute atomic E-state index is 0.165. The summed E-state index contributed by atoms with van der Waals surface area (Å²) >= 11 is 0. The molecule has 3 N–H and O–H groups in total. The van der Waals surface area contributed by atoms with Gasteiger partial charge in [-0.2, -0.15) is 0 Å². The Balaban J connectivity index is 2.00. The predicted octanol–water partition coefficient (Wildman–Crippen LogP) is 2.15. The van der Waals surface area contributed by atoms with E-state index in [1.165, 1.54) is 11.3 Å². The standard InChI is InChI=1S/C16H24N4O/c1-10-6-7-20(9-11(10)2)16-13(15(17)19-21)8-12-4-3-5-14(12)18-16/h8,10-11,21H,3-7,9H2,1-2H3,(H2,17,19). The number of piperidine rings is 1. The number of aryl methyl sites for hydroxylation is 2. The smallest absolute Gasteiger partial charge is 0.173 e. The van der Waals surface area contributed by atoms with Crippen LogP contribution in [0.1, 0.15) is 43.5 Å². The summed E-state index contributed by atoms with van der Waals surface area (Å²) in [6.45, 7) is 6.57. The van der Waals surface area contributed by atoms with E-state index < -0.39 is 0 Å². The molecule has 0 spiro atoms. The Labute approximate surface area is 125 Å². The van der Waals surface area contributed by atoms with E-state index in [9.17, 15) is 0 Å². The average Bonchev–Trinajstić information content (AvgIpc) is 2.95. The highest BCUT2D eigenvalue weighted by Crippen LogP contribution is 2.31. The van der Waals surface area contributed by atoms with Gasteiger partial charge in [-0.1, -0.05) is 19.0 Å². The maximum atomic E-state index is 9.07. The SMILES string of the molecule is CC1CCN(c2nc3c(cc2C(N)=NO)CCC3)CC1C. The van der Waals surface area contributed by atoms with Gasteiger partial charge in [0, 0.05) is 18.8 Å². The molecule has 2 aliphatic rings. The van der Waals surface area contributed by atoms with E-state index in [0.29, 0.717) is 5.92 Å². The summed E-state index contributed by atoms with van der Waals surface area (Å²) in [5.41, 5.74) is 9.10.